The molecule has 1 aliphatic rings. The molecular formula is C17H21N3O. The van der Waals surface area contributed by atoms with Gasteiger partial charge in [0.25, 0.3) is 5.91 Å². The van der Waals surface area contributed by atoms with Gasteiger partial charge in [-0.2, -0.15) is 0 Å². The van der Waals surface area contributed by atoms with Crippen molar-refractivity contribution in [2.75, 3.05) is 13.1 Å². The second-order valence-electron chi connectivity index (χ2n) is 5.59. The fraction of sp³-hybridized carbons (Fsp3) is 0.353. The van der Waals surface area contributed by atoms with Crippen LogP contribution in [-0.4, -0.2) is 34.9 Å². The number of hydrogen-bond acceptors (Lipinski definition) is 2. The molecule has 0 aliphatic carbocycles. The highest BCUT2D eigenvalue weighted by molar-refractivity contribution is 5.92. The molecular weight excluding hydrogens is 262 g/mol. The number of aromatic nitrogens is 1. The largest absolute Gasteiger partial charge is 0.357 e. The van der Waals surface area contributed by atoms with Gasteiger partial charge in [0.05, 0.1) is 0 Å². The molecule has 4 heteroatoms. The van der Waals surface area contributed by atoms with Gasteiger partial charge in [0.15, 0.2) is 0 Å². The first-order chi connectivity index (χ1) is 10.3. The second-order valence-corrected chi connectivity index (χ2v) is 5.59. The lowest BCUT2D eigenvalue weighted by molar-refractivity contribution is 0.0904. The molecule has 1 aliphatic heterocycles. The summed E-state index contributed by atoms with van der Waals surface area (Å²) in [6.45, 7) is 3.06. The molecule has 0 atom stereocenters. The van der Waals surface area contributed by atoms with Gasteiger partial charge in [0, 0.05) is 31.9 Å². The molecule has 2 aromatic rings. The third kappa shape index (κ3) is 3.73. The Hall–Kier alpha value is -2.07. The fourth-order valence-corrected chi connectivity index (χ4v) is 2.81. The molecule has 1 aromatic carbocycles. The van der Waals surface area contributed by atoms with Gasteiger partial charge in [-0.05, 0) is 30.5 Å². The summed E-state index contributed by atoms with van der Waals surface area (Å²) in [6, 6.07) is 14.5. The molecule has 1 aromatic heterocycles. The number of hydrogen-bond donors (Lipinski definition) is 2. The van der Waals surface area contributed by atoms with E-state index in [1.807, 2.05) is 12.1 Å². The van der Waals surface area contributed by atoms with Crippen LogP contribution < -0.4 is 5.32 Å². The van der Waals surface area contributed by atoms with Gasteiger partial charge in [0.1, 0.15) is 5.69 Å². The van der Waals surface area contributed by atoms with Gasteiger partial charge in [-0.3, -0.25) is 9.69 Å². The maximum absolute atomic E-state index is 12.0. The van der Waals surface area contributed by atoms with Crippen LogP contribution in [0.3, 0.4) is 0 Å². The Balaban J connectivity index is 1.46. The molecule has 0 unspecified atom stereocenters. The maximum Gasteiger partial charge on any atom is 0.267 e. The number of rotatable bonds is 4. The summed E-state index contributed by atoms with van der Waals surface area (Å²) in [7, 11) is 0. The van der Waals surface area contributed by atoms with Crippen molar-refractivity contribution in [2.24, 2.45) is 0 Å². The van der Waals surface area contributed by atoms with Gasteiger partial charge in [0.2, 0.25) is 0 Å². The molecule has 0 spiro atoms. The van der Waals surface area contributed by atoms with Crippen LogP contribution in [0, 0.1) is 0 Å². The summed E-state index contributed by atoms with van der Waals surface area (Å²) in [5.74, 6) is 0.00140. The van der Waals surface area contributed by atoms with E-state index in [1.54, 1.807) is 12.3 Å². The Morgan fingerprint density at radius 1 is 1.14 bits per heavy atom. The number of nitrogens with zero attached hydrogens (tertiary/aromatic N) is 1. The van der Waals surface area contributed by atoms with Crippen molar-refractivity contribution < 1.29 is 4.79 Å². The van der Waals surface area contributed by atoms with Gasteiger partial charge < -0.3 is 10.3 Å². The van der Waals surface area contributed by atoms with E-state index < -0.39 is 0 Å². The molecule has 0 bridgehead atoms. The smallest absolute Gasteiger partial charge is 0.267 e. The quantitative estimate of drug-likeness (QED) is 0.905. The Morgan fingerprint density at radius 3 is 2.57 bits per heavy atom. The Bertz CT molecular complexity index is 557. The molecule has 0 radical (unpaired) electrons. The van der Waals surface area contributed by atoms with Crippen LogP contribution >= 0.6 is 0 Å². The molecule has 21 heavy (non-hydrogen) atoms. The SMILES string of the molecule is O=C(NC1CCN(Cc2ccccc2)CC1)c1ccc[nH]1. The number of H-pyrrole nitrogens is 1. The zero-order chi connectivity index (χ0) is 14.5. The average Bonchev–Trinajstić information content (AvgIpc) is 3.05. The lowest BCUT2D eigenvalue weighted by Gasteiger charge is -2.32. The van der Waals surface area contributed by atoms with E-state index in [1.165, 1.54) is 5.56 Å². The molecule has 1 fully saturated rings. The molecule has 110 valence electrons. The highest BCUT2D eigenvalue weighted by Gasteiger charge is 2.21. The number of piperidine rings is 1. The van der Waals surface area contributed by atoms with Gasteiger partial charge in [-0.15, -0.1) is 0 Å². The third-order valence-electron chi connectivity index (χ3n) is 4.01. The molecule has 0 saturated carbocycles. The summed E-state index contributed by atoms with van der Waals surface area (Å²) in [6.07, 6.45) is 3.80. The number of carbonyl (C=O) groups excluding carboxylic acids is 1. The Kier molecular flexibility index (Phi) is 4.36. The minimum atomic E-state index is 0.00140. The normalized spacial score (nSPS) is 16.8. The number of aromatic amines is 1. The van der Waals surface area contributed by atoms with Crippen LogP contribution in [0.2, 0.25) is 0 Å². The van der Waals surface area contributed by atoms with Gasteiger partial charge in [-0.25, -0.2) is 0 Å². The zero-order valence-corrected chi connectivity index (χ0v) is 12.1. The molecule has 2 heterocycles. The van der Waals surface area contributed by atoms with Crippen LogP contribution in [0.5, 0.6) is 0 Å². The van der Waals surface area contributed by atoms with E-state index in [0.29, 0.717) is 5.69 Å². The van der Waals surface area contributed by atoms with Crippen LogP contribution in [-0.2, 0) is 6.54 Å². The zero-order valence-electron chi connectivity index (χ0n) is 12.1. The summed E-state index contributed by atoms with van der Waals surface area (Å²) in [5, 5.41) is 3.11. The lowest BCUT2D eigenvalue weighted by Crippen LogP contribution is -2.44. The first-order valence-electron chi connectivity index (χ1n) is 7.52. The van der Waals surface area contributed by atoms with Crippen molar-refractivity contribution in [3.63, 3.8) is 0 Å². The fourth-order valence-electron chi connectivity index (χ4n) is 2.81. The van der Waals surface area contributed by atoms with E-state index in [4.69, 9.17) is 0 Å². The Morgan fingerprint density at radius 2 is 1.90 bits per heavy atom. The first-order valence-corrected chi connectivity index (χ1v) is 7.52. The van der Waals surface area contributed by atoms with Crippen molar-refractivity contribution in [2.45, 2.75) is 25.4 Å². The highest BCUT2D eigenvalue weighted by atomic mass is 16.1. The van der Waals surface area contributed by atoms with Crippen LogP contribution in [0.25, 0.3) is 0 Å². The minimum absolute atomic E-state index is 0.00140. The van der Waals surface area contributed by atoms with Gasteiger partial charge in [-0.1, -0.05) is 30.3 Å². The van der Waals surface area contributed by atoms with Crippen LogP contribution in [0.4, 0.5) is 0 Å². The summed E-state index contributed by atoms with van der Waals surface area (Å²) >= 11 is 0. The predicted octanol–water partition coefficient (Wildman–Crippen LogP) is 2.41. The van der Waals surface area contributed by atoms with E-state index in [-0.39, 0.29) is 11.9 Å². The van der Waals surface area contributed by atoms with E-state index in [0.717, 1.165) is 32.5 Å². The monoisotopic (exact) mass is 283 g/mol. The average molecular weight is 283 g/mol. The second kappa shape index (κ2) is 6.59. The maximum atomic E-state index is 12.0. The summed E-state index contributed by atoms with van der Waals surface area (Å²) < 4.78 is 0. The van der Waals surface area contributed by atoms with E-state index >= 15 is 0 Å². The van der Waals surface area contributed by atoms with Crippen LogP contribution in [0.1, 0.15) is 28.9 Å². The number of likely N-dealkylation sites (tertiary alicyclic amines) is 1. The number of amides is 1. The van der Waals surface area contributed by atoms with Crippen molar-refractivity contribution in [1.82, 2.24) is 15.2 Å². The number of benzene rings is 1. The number of carbonyl (C=O) groups is 1. The summed E-state index contributed by atoms with van der Waals surface area (Å²) in [4.78, 5) is 17.4. The summed E-state index contributed by atoms with van der Waals surface area (Å²) in [5.41, 5.74) is 1.99. The molecule has 3 rings (SSSR count). The first kappa shape index (κ1) is 13.9. The van der Waals surface area contributed by atoms with Crippen molar-refractivity contribution >= 4 is 5.91 Å². The molecule has 1 amide bonds. The topological polar surface area (TPSA) is 48.1 Å². The van der Waals surface area contributed by atoms with Crippen molar-refractivity contribution in [3.8, 4) is 0 Å². The Labute approximate surface area is 125 Å². The third-order valence-corrected chi connectivity index (χ3v) is 4.01. The highest BCUT2D eigenvalue weighted by Crippen LogP contribution is 2.14. The van der Waals surface area contributed by atoms with E-state index in [2.05, 4.69) is 39.5 Å². The lowest BCUT2D eigenvalue weighted by atomic mass is 10.0. The van der Waals surface area contributed by atoms with Crippen LogP contribution in [0.15, 0.2) is 48.7 Å². The van der Waals surface area contributed by atoms with E-state index in [9.17, 15) is 4.79 Å². The molecule has 4 nitrogen and oxygen atoms in total. The van der Waals surface area contributed by atoms with Gasteiger partial charge >= 0.3 is 0 Å². The van der Waals surface area contributed by atoms with Crippen molar-refractivity contribution in [3.05, 3.63) is 59.9 Å². The number of nitrogens with one attached hydrogen (secondary N) is 2. The minimum Gasteiger partial charge on any atom is -0.357 e. The van der Waals surface area contributed by atoms with Crippen molar-refractivity contribution in [1.29, 1.82) is 0 Å². The standard InChI is InChI=1S/C17H21N3O/c21-17(16-7-4-10-18-16)19-15-8-11-20(12-9-15)13-14-5-2-1-3-6-14/h1-7,10,15,18H,8-9,11-13H2,(H,19,21). The predicted molar refractivity (Wildman–Crippen MR) is 83.0 cm³/mol. The molecule has 1 saturated heterocycles. The molecule has 2 N–H and O–H groups in total.